The molecule has 0 unspecified atom stereocenters. The smallest absolute Gasteiger partial charge is 0.353 e. The van der Waals surface area contributed by atoms with Crippen molar-refractivity contribution in [3.05, 3.63) is 35.4 Å². The summed E-state index contributed by atoms with van der Waals surface area (Å²) < 4.78 is 39.4. The van der Waals surface area contributed by atoms with Crippen LogP contribution in [0.2, 0.25) is 0 Å². The van der Waals surface area contributed by atoms with Gasteiger partial charge in [0.25, 0.3) is 0 Å². The summed E-state index contributed by atoms with van der Waals surface area (Å²) in [7, 11) is 3.15. The van der Waals surface area contributed by atoms with E-state index in [4.69, 9.17) is 0 Å². The highest BCUT2D eigenvalue weighted by Gasteiger charge is 2.36. The van der Waals surface area contributed by atoms with E-state index in [0.717, 1.165) is 6.07 Å². The van der Waals surface area contributed by atoms with Gasteiger partial charge in [0.2, 0.25) is 11.8 Å². The van der Waals surface area contributed by atoms with Crippen LogP contribution in [0.5, 0.6) is 0 Å². The van der Waals surface area contributed by atoms with Crippen LogP contribution >= 0.6 is 0 Å². The van der Waals surface area contributed by atoms with E-state index in [1.807, 2.05) is 0 Å². The third kappa shape index (κ3) is 4.25. The van der Waals surface area contributed by atoms with E-state index in [9.17, 15) is 22.8 Å². The quantitative estimate of drug-likeness (QED) is 0.901. The number of amides is 2. The molecule has 8 heteroatoms. The molecule has 0 aliphatic carbocycles. The largest absolute Gasteiger partial charge is 0.416 e. The third-order valence-corrected chi connectivity index (χ3v) is 4.00. The van der Waals surface area contributed by atoms with Gasteiger partial charge < -0.3 is 10.2 Å². The number of piperazine rings is 1. The lowest BCUT2D eigenvalue weighted by molar-refractivity contribution is -0.140. The third-order valence-electron chi connectivity index (χ3n) is 4.00. The van der Waals surface area contributed by atoms with Crippen molar-refractivity contribution in [2.24, 2.45) is 0 Å². The fourth-order valence-corrected chi connectivity index (χ4v) is 2.67. The molecule has 0 bridgehead atoms. The number of benzene rings is 1. The van der Waals surface area contributed by atoms with Crippen LogP contribution in [0.15, 0.2) is 24.3 Å². The zero-order chi connectivity index (χ0) is 17.9. The topological polar surface area (TPSA) is 52.7 Å². The SMILES string of the molecule is CN(C)C(=O)C[C@@H]1C(=O)NCCN1Cc1ccccc1C(F)(F)F. The van der Waals surface area contributed by atoms with E-state index >= 15 is 0 Å². The van der Waals surface area contributed by atoms with Crippen molar-refractivity contribution in [1.82, 2.24) is 15.1 Å². The van der Waals surface area contributed by atoms with Gasteiger partial charge in [0.1, 0.15) is 0 Å². The number of hydrogen-bond donors (Lipinski definition) is 1. The van der Waals surface area contributed by atoms with Crippen molar-refractivity contribution in [2.75, 3.05) is 27.2 Å². The Kier molecular flexibility index (Phi) is 5.48. The summed E-state index contributed by atoms with van der Waals surface area (Å²) >= 11 is 0. The predicted molar refractivity (Wildman–Crippen MR) is 82.0 cm³/mol. The standard InChI is InChI=1S/C16H20F3N3O2/c1-21(2)14(23)9-13-15(24)20-7-8-22(13)10-11-5-3-4-6-12(11)16(17,18)19/h3-6,13H,7-10H2,1-2H3,(H,20,24)/t13-/m1/s1. The lowest BCUT2D eigenvalue weighted by Crippen LogP contribution is -2.56. The number of hydrogen-bond acceptors (Lipinski definition) is 3. The lowest BCUT2D eigenvalue weighted by Gasteiger charge is -2.35. The fraction of sp³-hybridized carbons (Fsp3) is 0.500. The minimum atomic E-state index is -4.45. The van der Waals surface area contributed by atoms with Gasteiger partial charge in [-0.3, -0.25) is 14.5 Å². The maximum Gasteiger partial charge on any atom is 0.416 e. The Balaban J connectivity index is 2.23. The van der Waals surface area contributed by atoms with Crippen molar-refractivity contribution < 1.29 is 22.8 Å². The molecule has 2 amide bonds. The average Bonchev–Trinajstić information content (AvgIpc) is 2.50. The van der Waals surface area contributed by atoms with E-state index in [1.165, 1.54) is 23.1 Å². The molecule has 1 aliphatic rings. The second-order valence-corrected chi connectivity index (χ2v) is 5.92. The predicted octanol–water partition coefficient (Wildman–Crippen LogP) is 1.48. The number of carbonyl (C=O) groups excluding carboxylic acids is 2. The first kappa shape index (κ1) is 18.3. The fourth-order valence-electron chi connectivity index (χ4n) is 2.67. The molecule has 0 radical (unpaired) electrons. The second-order valence-electron chi connectivity index (χ2n) is 5.92. The van der Waals surface area contributed by atoms with Gasteiger partial charge in [0.05, 0.1) is 18.0 Å². The first-order valence-electron chi connectivity index (χ1n) is 7.57. The van der Waals surface area contributed by atoms with E-state index in [0.29, 0.717) is 13.1 Å². The molecule has 24 heavy (non-hydrogen) atoms. The Morgan fingerprint density at radius 2 is 2.00 bits per heavy atom. The molecule has 1 aromatic carbocycles. The van der Waals surface area contributed by atoms with Gasteiger partial charge in [-0.2, -0.15) is 13.2 Å². The van der Waals surface area contributed by atoms with E-state index in [1.54, 1.807) is 19.0 Å². The summed E-state index contributed by atoms with van der Waals surface area (Å²) in [5, 5.41) is 2.66. The average molecular weight is 343 g/mol. The number of carbonyl (C=O) groups is 2. The molecule has 1 aromatic rings. The van der Waals surface area contributed by atoms with Gasteiger partial charge >= 0.3 is 6.18 Å². The van der Waals surface area contributed by atoms with Crippen molar-refractivity contribution in [2.45, 2.75) is 25.2 Å². The van der Waals surface area contributed by atoms with Crippen molar-refractivity contribution in [3.8, 4) is 0 Å². The number of halogens is 3. The molecule has 1 heterocycles. The Labute approximate surface area is 138 Å². The highest BCUT2D eigenvalue weighted by Crippen LogP contribution is 2.32. The van der Waals surface area contributed by atoms with Gasteiger partial charge in [0, 0.05) is 33.7 Å². The molecule has 1 saturated heterocycles. The highest BCUT2D eigenvalue weighted by molar-refractivity contribution is 5.88. The Bertz CT molecular complexity index is 617. The van der Waals surface area contributed by atoms with Gasteiger partial charge in [-0.05, 0) is 11.6 Å². The minimum absolute atomic E-state index is 0.0333. The zero-order valence-corrected chi connectivity index (χ0v) is 13.6. The highest BCUT2D eigenvalue weighted by atomic mass is 19.4. The minimum Gasteiger partial charge on any atom is -0.353 e. The van der Waals surface area contributed by atoms with Crippen LogP contribution in [-0.2, 0) is 22.3 Å². The molecular formula is C16H20F3N3O2. The maximum absolute atomic E-state index is 13.1. The van der Waals surface area contributed by atoms with Crippen LogP contribution in [-0.4, -0.2) is 54.8 Å². The molecule has 1 atom stereocenters. The van der Waals surface area contributed by atoms with Crippen LogP contribution in [0.25, 0.3) is 0 Å². The number of alkyl halides is 3. The molecule has 2 rings (SSSR count). The van der Waals surface area contributed by atoms with E-state index in [2.05, 4.69) is 5.32 Å². The monoisotopic (exact) mass is 343 g/mol. The normalized spacial score (nSPS) is 19.0. The van der Waals surface area contributed by atoms with Crippen LogP contribution in [0.4, 0.5) is 13.2 Å². The van der Waals surface area contributed by atoms with Gasteiger partial charge in [-0.1, -0.05) is 18.2 Å². The summed E-state index contributed by atoms with van der Waals surface area (Å²) in [6.07, 6.45) is -4.52. The van der Waals surface area contributed by atoms with Crippen molar-refractivity contribution in [3.63, 3.8) is 0 Å². The summed E-state index contributed by atoms with van der Waals surface area (Å²) in [6.45, 7) is 0.706. The second kappa shape index (κ2) is 7.21. The molecular weight excluding hydrogens is 323 g/mol. The van der Waals surface area contributed by atoms with Crippen LogP contribution < -0.4 is 5.32 Å². The zero-order valence-electron chi connectivity index (χ0n) is 13.6. The van der Waals surface area contributed by atoms with E-state index in [-0.39, 0.29) is 30.3 Å². The summed E-state index contributed by atoms with van der Waals surface area (Å²) in [5.41, 5.74) is -0.615. The van der Waals surface area contributed by atoms with Gasteiger partial charge in [-0.25, -0.2) is 0 Å². The maximum atomic E-state index is 13.1. The number of rotatable bonds is 4. The number of nitrogens with zero attached hydrogens (tertiary/aromatic N) is 2. The molecule has 1 aliphatic heterocycles. The Morgan fingerprint density at radius 1 is 1.33 bits per heavy atom. The molecule has 132 valence electrons. The molecule has 5 nitrogen and oxygen atoms in total. The van der Waals surface area contributed by atoms with Crippen LogP contribution in [0, 0.1) is 0 Å². The molecule has 0 aromatic heterocycles. The molecule has 0 spiro atoms. The lowest BCUT2D eigenvalue weighted by atomic mass is 10.0. The van der Waals surface area contributed by atoms with Gasteiger partial charge in [0.15, 0.2) is 0 Å². The molecule has 1 N–H and O–H groups in total. The Hall–Kier alpha value is -2.09. The molecule has 1 fully saturated rings. The first-order valence-corrected chi connectivity index (χ1v) is 7.57. The van der Waals surface area contributed by atoms with E-state index < -0.39 is 17.8 Å². The number of nitrogens with one attached hydrogen (secondary N) is 1. The van der Waals surface area contributed by atoms with Gasteiger partial charge in [-0.15, -0.1) is 0 Å². The van der Waals surface area contributed by atoms with Crippen molar-refractivity contribution >= 4 is 11.8 Å². The Morgan fingerprint density at radius 3 is 2.62 bits per heavy atom. The van der Waals surface area contributed by atoms with Crippen LogP contribution in [0.1, 0.15) is 17.5 Å². The molecule has 0 saturated carbocycles. The summed E-state index contributed by atoms with van der Waals surface area (Å²) in [4.78, 5) is 27.0. The van der Waals surface area contributed by atoms with Crippen molar-refractivity contribution in [1.29, 1.82) is 0 Å². The summed E-state index contributed by atoms with van der Waals surface area (Å²) in [6, 6.07) is 4.53. The summed E-state index contributed by atoms with van der Waals surface area (Å²) in [5.74, 6) is -0.577. The first-order chi connectivity index (χ1) is 11.2. The van der Waals surface area contributed by atoms with Crippen LogP contribution in [0.3, 0.4) is 0 Å².